The van der Waals surface area contributed by atoms with Gasteiger partial charge in [-0.1, -0.05) is 80.6 Å². The van der Waals surface area contributed by atoms with Crippen LogP contribution in [-0.4, -0.2) is 106 Å². The maximum absolute atomic E-state index is 15.5. The molecule has 11 atom stereocenters. The molecule has 4 N–H and O–H groups in total. The second-order valence-corrected chi connectivity index (χ2v) is 17.2. The molecule has 2 saturated carbocycles. The van der Waals surface area contributed by atoms with Gasteiger partial charge in [-0.2, -0.15) is 0 Å². The lowest BCUT2D eigenvalue weighted by Gasteiger charge is -2.67. The van der Waals surface area contributed by atoms with E-state index in [9.17, 15) is 34.5 Å². The van der Waals surface area contributed by atoms with Gasteiger partial charge in [0.1, 0.15) is 30.0 Å². The minimum Gasteiger partial charge on any atom is -0.456 e. The molecule has 3 aromatic carbocycles. The van der Waals surface area contributed by atoms with Gasteiger partial charge < -0.3 is 44.3 Å². The number of amides is 1. The molecular weight excluding hydrogens is 787 g/mol. The first-order chi connectivity index (χ1) is 28.9. The van der Waals surface area contributed by atoms with Crippen LogP contribution in [0, 0.1) is 16.7 Å². The number of aliphatic hydroxyl groups is 3. The molecule has 0 radical (unpaired) electrons. The maximum Gasteiger partial charge on any atom is 0.338 e. The van der Waals surface area contributed by atoms with Crippen molar-refractivity contribution in [1.82, 2.24) is 5.32 Å². The van der Waals surface area contributed by atoms with Gasteiger partial charge in [0.2, 0.25) is 0 Å². The van der Waals surface area contributed by atoms with E-state index in [2.05, 4.69) is 5.32 Å². The molecule has 4 aliphatic rings. The van der Waals surface area contributed by atoms with E-state index in [1.165, 1.54) is 26.0 Å². The Morgan fingerprint density at radius 3 is 2.05 bits per heavy atom. The minimum absolute atomic E-state index is 0.00875. The van der Waals surface area contributed by atoms with Gasteiger partial charge in [-0.25, -0.2) is 9.59 Å². The third-order valence-electron chi connectivity index (χ3n) is 13.5. The van der Waals surface area contributed by atoms with Crippen molar-refractivity contribution in [2.45, 2.75) is 108 Å². The minimum atomic E-state index is -2.27. The van der Waals surface area contributed by atoms with E-state index >= 15 is 4.79 Å². The summed E-state index contributed by atoms with van der Waals surface area (Å²) in [6, 6.07) is 23.4. The van der Waals surface area contributed by atoms with Crippen LogP contribution in [0.4, 0.5) is 0 Å². The standard InChI is InChI=1S/C47H53NO13/c1-7-57-37-34-26(2)31(59-43(55)36(51)35(28-17-11-8-12-18-28)48-41(53)29-19-13-9-14-20-29)24-47(56,44(34,4)5)40(60-42(54)30-21-15-10-16-22-30)38-45(6,39(37)52)32(50)23-33-46(38,25-58-33)61-27(3)49/h8-22,31-33,35-38,40,50-51,56H,7,23-25H2,1-6H3,(H,48,53)/t31-,32-,33+,35?,36+,37+,38-,40-,45+,46-,47+/m0/s1. The van der Waals surface area contributed by atoms with Crippen LogP contribution in [0.5, 0.6) is 0 Å². The molecule has 2 bridgehead atoms. The van der Waals surface area contributed by atoms with Crippen molar-refractivity contribution in [1.29, 1.82) is 0 Å². The van der Waals surface area contributed by atoms with Gasteiger partial charge in [0.15, 0.2) is 17.5 Å². The van der Waals surface area contributed by atoms with Crippen LogP contribution in [0.2, 0.25) is 0 Å². The Labute approximate surface area is 354 Å². The van der Waals surface area contributed by atoms with E-state index in [0.717, 1.165) is 0 Å². The number of Topliss-reactive ketones (excluding diaryl/α,β-unsaturated/α-hetero) is 1. The van der Waals surface area contributed by atoms with Gasteiger partial charge in [-0.05, 0) is 61.7 Å². The molecule has 1 unspecified atom stereocenters. The molecule has 1 saturated heterocycles. The second kappa shape index (κ2) is 16.6. The fourth-order valence-corrected chi connectivity index (χ4v) is 10.2. The van der Waals surface area contributed by atoms with Crippen molar-refractivity contribution in [3.63, 3.8) is 0 Å². The summed E-state index contributed by atoms with van der Waals surface area (Å²) < 4.78 is 30.9. The number of esters is 3. The van der Waals surface area contributed by atoms with Crippen LogP contribution in [0.25, 0.3) is 0 Å². The van der Waals surface area contributed by atoms with Crippen molar-refractivity contribution in [3.8, 4) is 0 Å². The second-order valence-electron chi connectivity index (χ2n) is 17.2. The van der Waals surface area contributed by atoms with Crippen LogP contribution in [0.15, 0.2) is 102 Å². The predicted octanol–water partition coefficient (Wildman–Crippen LogP) is 4.21. The molecule has 14 nitrogen and oxygen atoms in total. The zero-order valence-corrected chi connectivity index (χ0v) is 35.0. The zero-order valence-electron chi connectivity index (χ0n) is 35.0. The molecule has 3 aliphatic carbocycles. The average Bonchev–Trinajstić information content (AvgIpc) is 3.24. The number of carbonyl (C=O) groups is 5. The highest BCUT2D eigenvalue weighted by Gasteiger charge is 2.78. The first-order valence-electron chi connectivity index (χ1n) is 20.6. The summed E-state index contributed by atoms with van der Waals surface area (Å²) in [6.45, 7) is 9.12. The Kier molecular flexibility index (Phi) is 11.9. The van der Waals surface area contributed by atoms with Crippen LogP contribution >= 0.6 is 0 Å². The number of carbonyl (C=O) groups excluding carboxylic acids is 5. The molecule has 14 heteroatoms. The average molecular weight is 840 g/mol. The largest absolute Gasteiger partial charge is 0.456 e. The van der Waals surface area contributed by atoms with Gasteiger partial charge >= 0.3 is 17.9 Å². The number of ketones is 1. The summed E-state index contributed by atoms with van der Waals surface area (Å²) in [7, 11) is 0. The molecule has 7 rings (SSSR count). The van der Waals surface area contributed by atoms with Crippen LogP contribution in [0.1, 0.15) is 86.7 Å². The third kappa shape index (κ3) is 7.27. The van der Waals surface area contributed by atoms with Crippen molar-refractivity contribution in [2.24, 2.45) is 16.7 Å². The highest BCUT2D eigenvalue weighted by atomic mass is 16.6. The van der Waals surface area contributed by atoms with Gasteiger partial charge in [-0.3, -0.25) is 14.4 Å². The summed E-state index contributed by atoms with van der Waals surface area (Å²) in [5.74, 6) is -5.39. The molecular formula is C47H53NO13. The van der Waals surface area contributed by atoms with Crippen molar-refractivity contribution >= 4 is 29.6 Å². The number of aliphatic hydroxyl groups excluding tert-OH is 2. The smallest absolute Gasteiger partial charge is 0.338 e. The Morgan fingerprint density at radius 2 is 1.49 bits per heavy atom. The fraction of sp³-hybridized carbons (Fsp3) is 0.468. The first kappa shape index (κ1) is 43.8. The van der Waals surface area contributed by atoms with E-state index < -0.39 is 107 Å². The highest BCUT2D eigenvalue weighted by molar-refractivity contribution is 5.95. The lowest BCUT2D eigenvalue weighted by atomic mass is 9.44. The summed E-state index contributed by atoms with van der Waals surface area (Å²) >= 11 is 0. The molecule has 0 spiro atoms. The maximum atomic E-state index is 15.5. The van der Waals surface area contributed by atoms with Crippen LogP contribution < -0.4 is 5.32 Å². The molecule has 324 valence electrons. The summed E-state index contributed by atoms with van der Waals surface area (Å²) in [5.41, 5.74) is -5.98. The van der Waals surface area contributed by atoms with E-state index in [4.69, 9.17) is 23.7 Å². The zero-order chi connectivity index (χ0) is 44.1. The number of fused-ring (bicyclic) bond motifs is 5. The number of benzene rings is 3. The Morgan fingerprint density at radius 1 is 0.902 bits per heavy atom. The van der Waals surface area contributed by atoms with Crippen LogP contribution in [0.3, 0.4) is 0 Å². The quantitative estimate of drug-likeness (QED) is 0.122. The number of hydrogen-bond donors (Lipinski definition) is 4. The Bertz CT molecular complexity index is 2190. The topological polar surface area (TPSA) is 204 Å². The van der Waals surface area contributed by atoms with Gasteiger partial charge in [0.05, 0.1) is 35.6 Å². The molecule has 61 heavy (non-hydrogen) atoms. The molecule has 1 amide bonds. The number of rotatable bonds is 11. The predicted molar refractivity (Wildman–Crippen MR) is 218 cm³/mol. The Balaban J connectivity index is 1.37. The van der Waals surface area contributed by atoms with Gasteiger partial charge in [0.25, 0.3) is 5.91 Å². The van der Waals surface area contributed by atoms with E-state index in [1.807, 2.05) is 0 Å². The molecule has 0 aromatic heterocycles. The van der Waals surface area contributed by atoms with Gasteiger partial charge in [-0.15, -0.1) is 0 Å². The highest BCUT2D eigenvalue weighted by Crippen LogP contribution is 2.64. The summed E-state index contributed by atoms with van der Waals surface area (Å²) in [6.07, 6.45) is -9.50. The number of hydrogen-bond acceptors (Lipinski definition) is 13. The Hall–Kier alpha value is -5.25. The van der Waals surface area contributed by atoms with Crippen LogP contribution in [-0.2, 0) is 38.1 Å². The fourth-order valence-electron chi connectivity index (χ4n) is 10.2. The van der Waals surface area contributed by atoms with Crippen molar-refractivity contribution < 1.29 is 63.0 Å². The first-order valence-corrected chi connectivity index (χ1v) is 20.6. The normalized spacial score (nSPS) is 32.3. The molecule has 1 aliphatic heterocycles. The van der Waals surface area contributed by atoms with E-state index in [-0.39, 0.29) is 36.3 Å². The molecule has 3 fully saturated rings. The third-order valence-corrected chi connectivity index (χ3v) is 13.5. The van der Waals surface area contributed by atoms with E-state index in [0.29, 0.717) is 11.1 Å². The van der Waals surface area contributed by atoms with Gasteiger partial charge in [0, 0.05) is 37.4 Å². The summed E-state index contributed by atoms with van der Waals surface area (Å²) in [5, 5.41) is 40.3. The van der Waals surface area contributed by atoms with E-state index in [1.54, 1.807) is 107 Å². The number of ether oxygens (including phenoxy) is 5. The monoisotopic (exact) mass is 839 g/mol. The molecule has 1 heterocycles. The number of nitrogens with one attached hydrogen (secondary N) is 1. The van der Waals surface area contributed by atoms with Crippen molar-refractivity contribution in [3.05, 3.63) is 119 Å². The lowest BCUT2D eigenvalue weighted by molar-refractivity contribution is -0.346. The SMILES string of the molecule is CCO[C@H]1C(=O)[C@@]2(C)[C@H]([C@H](OC(=O)c3ccccc3)[C@]3(O)C[C@H](OC(=O)[C@H](O)C(NC(=O)c4ccccc4)c4ccccc4)C(C)=C1C3(C)C)[C@]1(OC(C)=O)CO[C@@H]1C[C@@H]2O. The lowest BCUT2D eigenvalue weighted by Crippen LogP contribution is -2.81. The van der Waals surface area contributed by atoms with Crippen molar-refractivity contribution in [2.75, 3.05) is 13.2 Å². The molecule has 3 aromatic rings. The summed E-state index contributed by atoms with van der Waals surface area (Å²) in [4.78, 5) is 70.5.